The molecule has 1 rings (SSSR count). The molecule has 4 nitrogen and oxygen atoms in total. The van der Waals surface area contributed by atoms with Crippen LogP contribution in [0.3, 0.4) is 0 Å². The molecule has 1 aromatic rings. The van der Waals surface area contributed by atoms with Gasteiger partial charge < -0.3 is 9.94 Å². The first kappa shape index (κ1) is 10.2. The highest BCUT2D eigenvalue weighted by Gasteiger charge is 2.09. The van der Waals surface area contributed by atoms with Crippen LogP contribution in [-0.4, -0.2) is 12.6 Å². The van der Waals surface area contributed by atoms with Gasteiger partial charge in [0.05, 0.1) is 5.56 Å². The SMILES string of the molecule is C=CCOC(=O)c1cc[n+]([O-])c(C)c1. The number of hydrogen-bond acceptors (Lipinski definition) is 3. The Hall–Kier alpha value is -1.84. The van der Waals surface area contributed by atoms with Crippen LogP contribution in [-0.2, 0) is 4.74 Å². The molecule has 0 aliphatic carbocycles. The maximum absolute atomic E-state index is 11.3. The third-order valence-corrected chi connectivity index (χ3v) is 1.67. The topological polar surface area (TPSA) is 53.2 Å². The molecule has 14 heavy (non-hydrogen) atoms. The fourth-order valence-corrected chi connectivity index (χ4v) is 0.947. The average Bonchev–Trinajstić information content (AvgIpc) is 2.18. The van der Waals surface area contributed by atoms with Gasteiger partial charge in [-0.15, -0.1) is 0 Å². The number of hydrogen-bond donors (Lipinski definition) is 0. The predicted molar refractivity (Wildman–Crippen MR) is 50.6 cm³/mol. The van der Waals surface area contributed by atoms with Crippen molar-refractivity contribution in [2.45, 2.75) is 6.92 Å². The molecule has 0 N–H and O–H groups in total. The van der Waals surface area contributed by atoms with Crippen molar-refractivity contribution >= 4 is 5.97 Å². The Balaban J connectivity index is 2.80. The van der Waals surface area contributed by atoms with Crippen molar-refractivity contribution in [3.05, 3.63) is 47.4 Å². The largest absolute Gasteiger partial charge is 0.619 e. The van der Waals surface area contributed by atoms with Crippen molar-refractivity contribution in [1.29, 1.82) is 0 Å². The fraction of sp³-hybridized carbons (Fsp3) is 0.200. The van der Waals surface area contributed by atoms with Crippen molar-refractivity contribution in [1.82, 2.24) is 0 Å². The van der Waals surface area contributed by atoms with Gasteiger partial charge in [-0.3, -0.25) is 0 Å². The Morgan fingerprint density at radius 1 is 1.79 bits per heavy atom. The number of ether oxygens (including phenoxy) is 1. The second-order valence-corrected chi connectivity index (χ2v) is 2.77. The molecule has 0 aliphatic rings. The Labute approximate surface area is 82.0 Å². The van der Waals surface area contributed by atoms with Gasteiger partial charge in [-0.05, 0) is 0 Å². The normalized spacial score (nSPS) is 9.50. The minimum atomic E-state index is -0.450. The molecule has 0 unspecified atom stereocenters. The molecule has 0 spiro atoms. The number of pyridine rings is 1. The molecule has 0 radical (unpaired) electrons. The van der Waals surface area contributed by atoms with Gasteiger partial charge in [0.15, 0.2) is 11.9 Å². The molecule has 4 heteroatoms. The summed E-state index contributed by atoms with van der Waals surface area (Å²) in [4.78, 5) is 11.3. The van der Waals surface area contributed by atoms with E-state index in [1.54, 1.807) is 6.92 Å². The van der Waals surface area contributed by atoms with Crippen molar-refractivity contribution < 1.29 is 14.3 Å². The van der Waals surface area contributed by atoms with Gasteiger partial charge in [0.2, 0.25) is 0 Å². The first-order valence-electron chi connectivity index (χ1n) is 4.13. The number of aryl methyl sites for hydroxylation is 1. The molecule has 0 saturated carbocycles. The summed E-state index contributed by atoms with van der Waals surface area (Å²) < 4.78 is 5.49. The second-order valence-electron chi connectivity index (χ2n) is 2.77. The zero-order chi connectivity index (χ0) is 10.6. The summed E-state index contributed by atoms with van der Waals surface area (Å²) in [6.07, 6.45) is 2.77. The molecule has 1 heterocycles. The van der Waals surface area contributed by atoms with Gasteiger partial charge in [0, 0.05) is 19.1 Å². The quantitative estimate of drug-likeness (QED) is 0.311. The number of carbonyl (C=O) groups is 1. The van der Waals surface area contributed by atoms with E-state index in [-0.39, 0.29) is 6.61 Å². The number of rotatable bonds is 3. The highest BCUT2D eigenvalue weighted by molar-refractivity contribution is 5.89. The first-order chi connectivity index (χ1) is 6.65. The van der Waals surface area contributed by atoms with Crippen LogP contribution >= 0.6 is 0 Å². The van der Waals surface area contributed by atoms with Gasteiger partial charge in [-0.25, -0.2) is 4.79 Å². The Morgan fingerprint density at radius 2 is 2.50 bits per heavy atom. The monoisotopic (exact) mass is 193 g/mol. The molecule has 0 atom stereocenters. The Bertz CT molecular complexity index is 360. The highest BCUT2D eigenvalue weighted by atomic mass is 16.5. The lowest BCUT2D eigenvalue weighted by Gasteiger charge is -2.03. The summed E-state index contributed by atoms with van der Waals surface area (Å²) in [5.41, 5.74) is 0.828. The minimum absolute atomic E-state index is 0.171. The molecular weight excluding hydrogens is 182 g/mol. The lowest BCUT2D eigenvalue weighted by molar-refractivity contribution is -0.612. The van der Waals surface area contributed by atoms with Gasteiger partial charge in [-0.2, -0.15) is 4.73 Å². The van der Waals surface area contributed by atoms with E-state index in [0.717, 1.165) is 0 Å². The average molecular weight is 193 g/mol. The van der Waals surface area contributed by atoms with E-state index in [1.165, 1.54) is 24.4 Å². The third kappa shape index (κ3) is 2.32. The van der Waals surface area contributed by atoms with Crippen LogP contribution in [0.15, 0.2) is 31.0 Å². The molecule has 0 fully saturated rings. The molecule has 0 saturated heterocycles. The molecule has 0 amide bonds. The summed E-state index contributed by atoms with van der Waals surface area (Å²) in [6, 6.07) is 2.91. The van der Waals surface area contributed by atoms with Crippen molar-refractivity contribution in [2.24, 2.45) is 0 Å². The highest BCUT2D eigenvalue weighted by Crippen LogP contribution is 2.01. The lowest BCUT2D eigenvalue weighted by atomic mass is 10.2. The minimum Gasteiger partial charge on any atom is -0.619 e. The van der Waals surface area contributed by atoms with Crippen LogP contribution in [0.25, 0.3) is 0 Å². The van der Waals surface area contributed by atoms with Crippen LogP contribution in [0, 0.1) is 12.1 Å². The van der Waals surface area contributed by atoms with E-state index < -0.39 is 5.97 Å². The molecule has 0 aliphatic heterocycles. The van der Waals surface area contributed by atoms with E-state index in [9.17, 15) is 10.0 Å². The lowest BCUT2D eigenvalue weighted by Crippen LogP contribution is -2.29. The van der Waals surface area contributed by atoms with Crippen molar-refractivity contribution in [3.8, 4) is 0 Å². The molecule has 74 valence electrons. The third-order valence-electron chi connectivity index (χ3n) is 1.67. The number of esters is 1. The fourth-order valence-electron chi connectivity index (χ4n) is 0.947. The predicted octanol–water partition coefficient (Wildman–Crippen LogP) is 0.971. The number of nitrogens with zero attached hydrogens (tertiary/aromatic N) is 1. The summed E-state index contributed by atoms with van der Waals surface area (Å²) in [5.74, 6) is -0.450. The van der Waals surface area contributed by atoms with Crippen molar-refractivity contribution in [3.63, 3.8) is 0 Å². The Kier molecular flexibility index (Phi) is 3.23. The number of aromatic nitrogens is 1. The summed E-state index contributed by atoms with van der Waals surface area (Å²) in [7, 11) is 0. The van der Waals surface area contributed by atoms with Crippen LogP contribution in [0.4, 0.5) is 0 Å². The first-order valence-corrected chi connectivity index (χ1v) is 4.13. The van der Waals surface area contributed by atoms with Gasteiger partial charge in [0.25, 0.3) is 0 Å². The Morgan fingerprint density at radius 3 is 3.07 bits per heavy atom. The molecular formula is C10H11NO3. The zero-order valence-electron chi connectivity index (χ0n) is 7.90. The smallest absolute Gasteiger partial charge is 0.338 e. The van der Waals surface area contributed by atoms with Gasteiger partial charge in [0.1, 0.15) is 6.61 Å². The second kappa shape index (κ2) is 4.41. The van der Waals surface area contributed by atoms with E-state index in [1.807, 2.05) is 0 Å². The van der Waals surface area contributed by atoms with E-state index >= 15 is 0 Å². The van der Waals surface area contributed by atoms with Gasteiger partial charge >= 0.3 is 5.97 Å². The van der Waals surface area contributed by atoms with E-state index in [2.05, 4.69) is 6.58 Å². The maximum atomic E-state index is 11.3. The van der Waals surface area contributed by atoms with Gasteiger partial charge in [-0.1, -0.05) is 12.7 Å². The summed E-state index contributed by atoms with van der Waals surface area (Å²) in [5, 5.41) is 11.0. The van der Waals surface area contributed by atoms with E-state index in [4.69, 9.17) is 4.74 Å². The van der Waals surface area contributed by atoms with Crippen molar-refractivity contribution in [2.75, 3.05) is 6.61 Å². The van der Waals surface area contributed by atoms with Crippen LogP contribution in [0.5, 0.6) is 0 Å². The van der Waals surface area contributed by atoms with Crippen LogP contribution in [0.2, 0.25) is 0 Å². The van der Waals surface area contributed by atoms with Crippen LogP contribution in [0.1, 0.15) is 16.1 Å². The summed E-state index contributed by atoms with van der Waals surface area (Å²) >= 11 is 0. The molecule has 1 aromatic heterocycles. The van der Waals surface area contributed by atoms with Crippen LogP contribution < -0.4 is 4.73 Å². The number of carbonyl (C=O) groups excluding carboxylic acids is 1. The maximum Gasteiger partial charge on any atom is 0.338 e. The summed E-state index contributed by atoms with van der Waals surface area (Å²) in [6.45, 7) is 5.22. The molecule has 0 bridgehead atoms. The molecule has 0 aromatic carbocycles. The van der Waals surface area contributed by atoms with E-state index in [0.29, 0.717) is 16.0 Å². The standard InChI is InChI=1S/C10H11NO3/c1-3-6-14-10(12)9-4-5-11(13)8(2)7-9/h3-5,7H,1,6H2,2H3. The zero-order valence-corrected chi connectivity index (χ0v) is 7.90.